The van der Waals surface area contributed by atoms with E-state index in [2.05, 4.69) is 20.2 Å². The van der Waals surface area contributed by atoms with Crippen LogP contribution < -0.4 is 0 Å². The lowest BCUT2D eigenvalue weighted by molar-refractivity contribution is 0.218. The smallest absolute Gasteiger partial charge is 0.0971 e. The van der Waals surface area contributed by atoms with Gasteiger partial charge in [-0.25, -0.2) is 4.68 Å². The number of pyridine rings is 1. The Bertz CT molecular complexity index is 487. The average Bonchev–Trinajstić information content (AvgIpc) is 2.89. The van der Waals surface area contributed by atoms with Crippen molar-refractivity contribution < 1.29 is 0 Å². The fourth-order valence-electron chi connectivity index (χ4n) is 2.33. The van der Waals surface area contributed by atoms with Gasteiger partial charge in [0, 0.05) is 12.7 Å². The topological polar surface area (TPSA) is 46.8 Å². The van der Waals surface area contributed by atoms with Crippen LogP contribution in [-0.4, -0.2) is 38.0 Å². The van der Waals surface area contributed by atoms with Crippen molar-refractivity contribution in [1.29, 1.82) is 0 Å². The van der Waals surface area contributed by atoms with Crippen LogP contribution in [0.4, 0.5) is 0 Å². The zero-order valence-corrected chi connectivity index (χ0v) is 10.4. The van der Waals surface area contributed by atoms with Crippen molar-refractivity contribution in [3.8, 4) is 5.69 Å². The Morgan fingerprint density at radius 3 is 2.83 bits per heavy atom. The second-order valence-corrected chi connectivity index (χ2v) is 4.70. The number of likely N-dealkylation sites (tertiary alicyclic amines) is 1. The first kappa shape index (κ1) is 11.3. The Hall–Kier alpha value is -1.75. The molecule has 1 fully saturated rings. The fourth-order valence-corrected chi connectivity index (χ4v) is 2.33. The Morgan fingerprint density at radius 1 is 1.17 bits per heavy atom. The Morgan fingerprint density at radius 2 is 2.06 bits per heavy atom. The minimum atomic E-state index is 0.903. The molecule has 1 aliphatic rings. The molecule has 0 atom stereocenters. The molecule has 0 radical (unpaired) electrons. The first-order valence-electron chi connectivity index (χ1n) is 6.46. The maximum atomic E-state index is 4.23. The van der Waals surface area contributed by atoms with E-state index in [-0.39, 0.29) is 0 Å². The SMILES string of the molecule is c1cncc(-n2cc(CN3CCCCC3)nn2)c1. The van der Waals surface area contributed by atoms with E-state index in [1.165, 1.54) is 32.4 Å². The molecular weight excluding hydrogens is 226 g/mol. The molecule has 0 saturated carbocycles. The van der Waals surface area contributed by atoms with E-state index in [9.17, 15) is 0 Å². The molecule has 5 nitrogen and oxygen atoms in total. The second-order valence-electron chi connectivity index (χ2n) is 4.70. The van der Waals surface area contributed by atoms with Crippen LogP contribution in [0.15, 0.2) is 30.7 Å². The third kappa shape index (κ3) is 2.56. The van der Waals surface area contributed by atoms with Crippen molar-refractivity contribution in [2.45, 2.75) is 25.8 Å². The van der Waals surface area contributed by atoms with Crippen molar-refractivity contribution in [2.24, 2.45) is 0 Å². The van der Waals surface area contributed by atoms with Crippen LogP contribution in [0.1, 0.15) is 25.0 Å². The predicted molar refractivity (Wildman–Crippen MR) is 68.3 cm³/mol. The van der Waals surface area contributed by atoms with Crippen molar-refractivity contribution >= 4 is 0 Å². The summed E-state index contributed by atoms with van der Waals surface area (Å²) in [5.74, 6) is 0. The summed E-state index contributed by atoms with van der Waals surface area (Å²) >= 11 is 0. The summed E-state index contributed by atoms with van der Waals surface area (Å²) < 4.78 is 1.78. The number of piperidine rings is 1. The van der Waals surface area contributed by atoms with Crippen LogP contribution in [0.2, 0.25) is 0 Å². The number of rotatable bonds is 3. The summed E-state index contributed by atoms with van der Waals surface area (Å²) in [5, 5.41) is 8.38. The molecule has 2 aromatic rings. The molecule has 2 aromatic heterocycles. The van der Waals surface area contributed by atoms with E-state index in [1.807, 2.05) is 18.3 Å². The molecular formula is C13H17N5. The summed E-state index contributed by atoms with van der Waals surface area (Å²) in [6.45, 7) is 3.26. The molecule has 94 valence electrons. The quantitative estimate of drug-likeness (QED) is 0.822. The van der Waals surface area contributed by atoms with Crippen LogP contribution >= 0.6 is 0 Å². The van der Waals surface area contributed by atoms with E-state index in [0.29, 0.717) is 0 Å². The van der Waals surface area contributed by atoms with Crippen LogP contribution in [-0.2, 0) is 6.54 Å². The van der Waals surface area contributed by atoms with Gasteiger partial charge < -0.3 is 0 Å². The Balaban J connectivity index is 1.69. The van der Waals surface area contributed by atoms with Crippen LogP contribution in [0, 0.1) is 0 Å². The third-order valence-corrected chi connectivity index (χ3v) is 3.29. The molecule has 0 unspecified atom stereocenters. The minimum absolute atomic E-state index is 0.903. The monoisotopic (exact) mass is 243 g/mol. The first-order chi connectivity index (χ1) is 8.92. The zero-order chi connectivity index (χ0) is 12.2. The van der Waals surface area contributed by atoms with E-state index in [4.69, 9.17) is 0 Å². The molecule has 0 N–H and O–H groups in total. The van der Waals surface area contributed by atoms with Gasteiger partial charge in [0.2, 0.25) is 0 Å². The normalized spacial score (nSPS) is 16.9. The summed E-state index contributed by atoms with van der Waals surface area (Å²) in [5.41, 5.74) is 1.98. The summed E-state index contributed by atoms with van der Waals surface area (Å²) in [7, 11) is 0. The highest BCUT2D eigenvalue weighted by molar-refractivity contribution is 5.26. The zero-order valence-electron chi connectivity index (χ0n) is 10.4. The highest BCUT2D eigenvalue weighted by Gasteiger charge is 2.12. The first-order valence-corrected chi connectivity index (χ1v) is 6.46. The lowest BCUT2D eigenvalue weighted by atomic mass is 10.1. The van der Waals surface area contributed by atoms with Gasteiger partial charge in [-0.2, -0.15) is 0 Å². The molecule has 3 heterocycles. The van der Waals surface area contributed by atoms with Gasteiger partial charge >= 0.3 is 0 Å². The lowest BCUT2D eigenvalue weighted by Gasteiger charge is -2.25. The van der Waals surface area contributed by atoms with E-state index in [0.717, 1.165) is 17.9 Å². The number of hydrogen-bond acceptors (Lipinski definition) is 4. The second kappa shape index (κ2) is 5.27. The number of aromatic nitrogens is 4. The standard InChI is InChI=1S/C13H17N5/c1-2-7-17(8-3-1)10-12-11-18(16-15-12)13-5-4-6-14-9-13/h4-6,9,11H,1-3,7-8,10H2. The fraction of sp³-hybridized carbons (Fsp3) is 0.462. The Labute approximate surface area is 106 Å². The number of hydrogen-bond donors (Lipinski definition) is 0. The van der Waals surface area contributed by atoms with Gasteiger partial charge in [-0.3, -0.25) is 9.88 Å². The van der Waals surface area contributed by atoms with Crippen molar-refractivity contribution in [3.63, 3.8) is 0 Å². The van der Waals surface area contributed by atoms with Gasteiger partial charge in [0.05, 0.1) is 23.8 Å². The molecule has 18 heavy (non-hydrogen) atoms. The number of nitrogens with zero attached hydrogens (tertiary/aromatic N) is 5. The van der Waals surface area contributed by atoms with Crippen LogP contribution in [0.5, 0.6) is 0 Å². The molecule has 0 spiro atoms. The van der Waals surface area contributed by atoms with Gasteiger partial charge in [0.25, 0.3) is 0 Å². The highest BCUT2D eigenvalue weighted by atomic mass is 15.4. The molecule has 1 saturated heterocycles. The van der Waals surface area contributed by atoms with Crippen molar-refractivity contribution in [3.05, 3.63) is 36.4 Å². The molecule has 3 rings (SSSR count). The van der Waals surface area contributed by atoms with Crippen LogP contribution in [0.25, 0.3) is 5.69 Å². The summed E-state index contributed by atoms with van der Waals surface area (Å²) in [6.07, 6.45) is 9.51. The lowest BCUT2D eigenvalue weighted by Crippen LogP contribution is -2.29. The maximum absolute atomic E-state index is 4.23. The molecule has 0 aliphatic carbocycles. The van der Waals surface area contributed by atoms with Gasteiger partial charge in [-0.05, 0) is 38.1 Å². The Kier molecular flexibility index (Phi) is 3.32. The van der Waals surface area contributed by atoms with Gasteiger partial charge in [0.1, 0.15) is 0 Å². The molecule has 0 aromatic carbocycles. The molecule has 0 amide bonds. The largest absolute Gasteiger partial charge is 0.297 e. The third-order valence-electron chi connectivity index (χ3n) is 3.29. The van der Waals surface area contributed by atoms with E-state index >= 15 is 0 Å². The van der Waals surface area contributed by atoms with E-state index in [1.54, 1.807) is 17.1 Å². The summed E-state index contributed by atoms with van der Waals surface area (Å²) in [4.78, 5) is 6.53. The van der Waals surface area contributed by atoms with Gasteiger partial charge in [-0.15, -0.1) is 5.10 Å². The van der Waals surface area contributed by atoms with Crippen molar-refractivity contribution in [1.82, 2.24) is 24.9 Å². The highest BCUT2D eigenvalue weighted by Crippen LogP contribution is 2.12. The predicted octanol–water partition coefficient (Wildman–Crippen LogP) is 1.65. The van der Waals surface area contributed by atoms with Crippen molar-refractivity contribution in [2.75, 3.05) is 13.1 Å². The van der Waals surface area contributed by atoms with Gasteiger partial charge in [-0.1, -0.05) is 11.6 Å². The summed E-state index contributed by atoms with van der Waals surface area (Å²) in [6, 6.07) is 3.88. The van der Waals surface area contributed by atoms with E-state index < -0.39 is 0 Å². The molecule has 1 aliphatic heterocycles. The average molecular weight is 243 g/mol. The minimum Gasteiger partial charge on any atom is -0.297 e. The maximum Gasteiger partial charge on any atom is 0.0971 e. The molecule has 5 heteroatoms. The molecule has 0 bridgehead atoms. The van der Waals surface area contributed by atoms with Crippen LogP contribution in [0.3, 0.4) is 0 Å². The van der Waals surface area contributed by atoms with Gasteiger partial charge in [0.15, 0.2) is 0 Å².